The van der Waals surface area contributed by atoms with Crippen molar-refractivity contribution in [2.75, 3.05) is 17.7 Å². The summed E-state index contributed by atoms with van der Waals surface area (Å²) in [5, 5.41) is 28.6. The molecule has 0 atom stereocenters. The van der Waals surface area contributed by atoms with Gasteiger partial charge >= 0.3 is 6.09 Å². The van der Waals surface area contributed by atoms with Crippen LogP contribution in [0.2, 0.25) is 0 Å². The number of amides is 2. The van der Waals surface area contributed by atoms with Crippen LogP contribution in [0.15, 0.2) is 66.9 Å². The van der Waals surface area contributed by atoms with Gasteiger partial charge in [0.1, 0.15) is 22.6 Å². The second kappa shape index (κ2) is 8.07. The van der Waals surface area contributed by atoms with Crippen LogP contribution in [0.1, 0.15) is 10.4 Å². The number of rotatable bonds is 5. The average Bonchev–Trinajstić information content (AvgIpc) is 3.11. The zero-order chi connectivity index (χ0) is 22.0. The van der Waals surface area contributed by atoms with Gasteiger partial charge in [-0.1, -0.05) is 36.4 Å². The van der Waals surface area contributed by atoms with Crippen LogP contribution in [-0.2, 0) is 0 Å². The first-order chi connectivity index (χ1) is 15.0. The Morgan fingerprint density at radius 2 is 1.74 bits per heavy atom. The minimum Gasteiger partial charge on any atom is -0.507 e. The second-order valence-corrected chi connectivity index (χ2v) is 6.58. The van der Waals surface area contributed by atoms with Crippen molar-refractivity contribution in [3.05, 3.63) is 72.4 Å². The zero-order valence-corrected chi connectivity index (χ0v) is 16.4. The van der Waals surface area contributed by atoms with E-state index < -0.39 is 12.0 Å². The number of carboxylic acid groups (broad SMARTS) is 1. The number of hydrogen-bond acceptors (Lipinski definition) is 5. The van der Waals surface area contributed by atoms with Crippen LogP contribution in [0.4, 0.5) is 16.3 Å². The molecule has 0 aliphatic carbocycles. The zero-order valence-electron chi connectivity index (χ0n) is 16.4. The van der Waals surface area contributed by atoms with Crippen molar-refractivity contribution >= 4 is 29.0 Å². The lowest BCUT2D eigenvalue weighted by Gasteiger charge is -2.10. The summed E-state index contributed by atoms with van der Waals surface area (Å²) >= 11 is 0. The van der Waals surface area contributed by atoms with Crippen molar-refractivity contribution in [2.45, 2.75) is 0 Å². The number of aromatic nitrogens is 2. The summed E-state index contributed by atoms with van der Waals surface area (Å²) in [4.78, 5) is 24.4. The SMILES string of the molecule is COc1cc(-c2ccccc2O)cn2nc(NC(=O)O)c(C(=O)Nc3ccccc3)c12. The fourth-order valence-corrected chi connectivity index (χ4v) is 3.28. The fraction of sp³-hybridized carbons (Fsp3) is 0.0455. The van der Waals surface area contributed by atoms with Crippen molar-refractivity contribution in [3.63, 3.8) is 0 Å². The van der Waals surface area contributed by atoms with Gasteiger partial charge in [0.2, 0.25) is 0 Å². The summed E-state index contributed by atoms with van der Waals surface area (Å²) in [6.45, 7) is 0. The molecule has 0 aliphatic heterocycles. The Hall–Kier alpha value is -4.53. The first-order valence-corrected chi connectivity index (χ1v) is 9.23. The van der Waals surface area contributed by atoms with E-state index >= 15 is 0 Å². The first-order valence-electron chi connectivity index (χ1n) is 9.23. The summed E-state index contributed by atoms with van der Waals surface area (Å²) in [5.74, 6) is -0.362. The monoisotopic (exact) mass is 418 g/mol. The third-order valence-electron chi connectivity index (χ3n) is 4.61. The third-order valence-corrected chi connectivity index (χ3v) is 4.61. The summed E-state index contributed by atoms with van der Waals surface area (Å²) in [5.41, 5.74) is 1.92. The number of nitrogens with zero attached hydrogens (tertiary/aromatic N) is 2. The molecule has 4 rings (SSSR count). The fourth-order valence-electron chi connectivity index (χ4n) is 3.28. The number of nitrogens with one attached hydrogen (secondary N) is 2. The minimum absolute atomic E-state index is 0.00642. The topological polar surface area (TPSA) is 125 Å². The molecule has 0 aliphatic rings. The number of carbonyl (C=O) groups excluding carboxylic acids is 1. The highest BCUT2D eigenvalue weighted by Crippen LogP contribution is 2.36. The lowest BCUT2D eigenvalue weighted by atomic mass is 10.1. The van der Waals surface area contributed by atoms with E-state index in [1.54, 1.807) is 60.8 Å². The van der Waals surface area contributed by atoms with E-state index in [1.165, 1.54) is 11.6 Å². The van der Waals surface area contributed by atoms with Gasteiger partial charge in [-0.25, -0.2) is 9.31 Å². The van der Waals surface area contributed by atoms with E-state index in [9.17, 15) is 19.8 Å². The van der Waals surface area contributed by atoms with Crippen LogP contribution in [0.3, 0.4) is 0 Å². The number of anilines is 2. The maximum absolute atomic E-state index is 13.1. The smallest absolute Gasteiger partial charge is 0.410 e. The number of para-hydroxylation sites is 2. The van der Waals surface area contributed by atoms with Crippen LogP contribution in [0.25, 0.3) is 16.6 Å². The molecular formula is C22H18N4O5. The molecule has 4 aromatic rings. The van der Waals surface area contributed by atoms with Gasteiger partial charge in [-0.05, 0) is 24.3 Å². The number of hydrogen-bond donors (Lipinski definition) is 4. The number of benzene rings is 2. The number of phenolic OH excluding ortho intramolecular Hbond substituents is 1. The summed E-state index contributed by atoms with van der Waals surface area (Å²) in [6.07, 6.45) is 0.219. The highest BCUT2D eigenvalue weighted by Gasteiger charge is 2.25. The van der Waals surface area contributed by atoms with Gasteiger partial charge in [0.05, 0.1) is 7.11 Å². The number of fused-ring (bicyclic) bond motifs is 1. The average molecular weight is 418 g/mol. The molecule has 0 bridgehead atoms. The largest absolute Gasteiger partial charge is 0.507 e. The molecule has 2 aromatic heterocycles. The number of carbonyl (C=O) groups is 2. The van der Waals surface area contributed by atoms with Crippen molar-refractivity contribution < 1.29 is 24.5 Å². The molecule has 2 aromatic carbocycles. The van der Waals surface area contributed by atoms with Gasteiger partial charge in [0.15, 0.2) is 5.82 Å². The molecule has 0 saturated heterocycles. The van der Waals surface area contributed by atoms with E-state index in [4.69, 9.17) is 4.74 Å². The molecule has 0 saturated carbocycles. The lowest BCUT2D eigenvalue weighted by Crippen LogP contribution is -2.16. The van der Waals surface area contributed by atoms with Gasteiger partial charge in [-0.2, -0.15) is 0 Å². The van der Waals surface area contributed by atoms with E-state index in [2.05, 4.69) is 15.7 Å². The van der Waals surface area contributed by atoms with Gasteiger partial charge in [-0.3, -0.25) is 10.1 Å². The highest BCUT2D eigenvalue weighted by atomic mass is 16.5. The van der Waals surface area contributed by atoms with Crippen molar-refractivity contribution in [1.29, 1.82) is 0 Å². The Balaban J connectivity index is 1.90. The Bertz CT molecular complexity index is 1280. The number of methoxy groups -OCH3 is 1. The van der Waals surface area contributed by atoms with Gasteiger partial charge < -0.3 is 20.3 Å². The van der Waals surface area contributed by atoms with E-state index in [0.29, 0.717) is 16.8 Å². The molecule has 4 N–H and O–H groups in total. The molecule has 0 fully saturated rings. The summed E-state index contributed by atoms with van der Waals surface area (Å²) in [7, 11) is 1.43. The van der Waals surface area contributed by atoms with Crippen LogP contribution >= 0.6 is 0 Å². The molecule has 0 radical (unpaired) electrons. The van der Waals surface area contributed by atoms with Crippen molar-refractivity contribution in [3.8, 4) is 22.6 Å². The van der Waals surface area contributed by atoms with Crippen LogP contribution < -0.4 is 15.4 Å². The van der Waals surface area contributed by atoms with Crippen LogP contribution in [-0.4, -0.2) is 38.9 Å². The minimum atomic E-state index is -1.36. The van der Waals surface area contributed by atoms with Gasteiger partial charge in [0, 0.05) is 23.0 Å². The number of aromatic hydroxyl groups is 1. The summed E-state index contributed by atoms with van der Waals surface area (Å²) in [6, 6.07) is 17.1. The van der Waals surface area contributed by atoms with Gasteiger partial charge in [-0.15, -0.1) is 5.10 Å². The predicted molar refractivity (Wildman–Crippen MR) is 115 cm³/mol. The van der Waals surface area contributed by atoms with E-state index in [0.717, 1.165) is 0 Å². The molecule has 0 unspecified atom stereocenters. The van der Waals surface area contributed by atoms with Crippen molar-refractivity contribution in [2.24, 2.45) is 0 Å². The number of pyridine rings is 1. The van der Waals surface area contributed by atoms with E-state index in [1.807, 2.05) is 6.07 Å². The molecule has 156 valence electrons. The molecule has 31 heavy (non-hydrogen) atoms. The maximum Gasteiger partial charge on any atom is 0.410 e. The van der Waals surface area contributed by atoms with Gasteiger partial charge in [0.25, 0.3) is 5.91 Å². The standard InChI is InChI=1S/C22H18N4O5/c1-31-17-11-13(15-9-5-6-10-16(15)27)12-26-19(17)18(20(25-26)24-22(29)30)21(28)23-14-7-3-2-4-8-14/h2-12,27H,1H3,(H,23,28)(H,24,25)(H,29,30). The first kappa shape index (κ1) is 19.8. The normalized spacial score (nSPS) is 10.6. The molecule has 9 heteroatoms. The molecule has 2 amide bonds. The number of phenols is 1. The molecule has 9 nitrogen and oxygen atoms in total. The van der Waals surface area contributed by atoms with Crippen LogP contribution in [0.5, 0.6) is 11.5 Å². The Morgan fingerprint density at radius 3 is 2.42 bits per heavy atom. The van der Waals surface area contributed by atoms with E-state index in [-0.39, 0.29) is 28.4 Å². The Morgan fingerprint density at radius 1 is 1.03 bits per heavy atom. The quantitative estimate of drug-likeness (QED) is 0.387. The Kier molecular flexibility index (Phi) is 5.15. The predicted octanol–water partition coefficient (Wildman–Crippen LogP) is 4.06. The second-order valence-electron chi connectivity index (χ2n) is 6.58. The van der Waals surface area contributed by atoms with Crippen LogP contribution in [0, 0.1) is 0 Å². The molecular weight excluding hydrogens is 400 g/mol. The summed E-state index contributed by atoms with van der Waals surface area (Å²) < 4.78 is 6.84. The lowest BCUT2D eigenvalue weighted by molar-refractivity contribution is 0.102. The third kappa shape index (κ3) is 3.84. The maximum atomic E-state index is 13.1. The molecule has 0 spiro atoms. The molecule has 2 heterocycles. The highest BCUT2D eigenvalue weighted by molar-refractivity contribution is 6.14. The Labute approximate surface area is 176 Å². The van der Waals surface area contributed by atoms with Crippen molar-refractivity contribution in [1.82, 2.24) is 9.61 Å². The number of ether oxygens (including phenoxy) is 1.